The Morgan fingerprint density at radius 3 is 2.74 bits per heavy atom. The van der Waals surface area contributed by atoms with Crippen molar-refractivity contribution >= 4 is 5.71 Å². The Balaban J connectivity index is 0.00000233. The highest BCUT2D eigenvalue weighted by atomic mass is 15.4. The highest BCUT2D eigenvalue weighted by Crippen LogP contribution is 2.11. The van der Waals surface area contributed by atoms with E-state index in [9.17, 15) is 0 Å². The molecule has 1 aromatic heterocycles. The van der Waals surface area contributed by atoms with E-state index in [2.05, 4.69) is 66.9 Å². The van der Waals surface area contributed by atoms with Crippen molar-refractivity contribution in [2.45, 2.75) is 60.0 Å². The fourth-order valence-electron chi connectivity index (χ4n) is 3.31. The van der Waals surface area contributed by atoms with Crippen molar-refractivity contribution < 1.29 is 0 Å². The van der Waals surface area contributed by atoms with Crippen LogP contribution in [0.15, 0.2) is 47.4 Å². The molecule has 1 unspecified atom stereocenters. The van der Waals surface area contributed by atoms with Crippen molar-refractivity contribution in [2.24, 2.45) is 10.8 Å². The van der Waals surface area contributed by atoms with Gasteiger partial charge in [0, 0.05) is 52.2 Å². The first kappa shape index (κ1) is 26.9. The highest BCUT2D eigenvalue weighted by Gasteiger charge is 2.14. The average molecular weight is 429 g/mol. The summed E-state index contributed by atoms with van der Waals surface area (Å²) < 4.78 is 0. The molecule has 2 heterocycles. The number of hydrogen-bond donors (Lipinski definition) is 1. The third-order valence-electron chi connectivity index (χ3n) is 5.43. The van der Waals surface area contributed by atoms with Crippen LogP contribution in [0.25, 0.3) is 0 Å². The van der Waals surface area contributed by atoms with Gasteiger partial charge in [0.1, 0.15) is 5.71 Å². The molecule has 0 spiro atoms. The summed E-state index contributed by atoms with van der Waals surface area (Å²) >= 11 is 0. The molecule has 1 aliphatic heterocycles. The molecule has 0 radical (unpaired) electrons. The Kier molecular flexibility index (Phi) is 12.8. The summed E-state index contributed by atoms with van der Waals surface area (Å²) in [5, 5.41) is 6.78. The largest absolute Gasteiger partial charge is 0.363 e. The van der Waals surface area contributed by atoms with Crippen LogP contribution in [0, 0.1) is 6.92 Å². The minimum Gasteiger partial charge on any atom is -0.363 e. The SMILES string of the molecule is CC.CCC/C=C(/C)N(C)C(N)CCN1C/C=C/C(c2ncccc2C)=N\N(C)CC1. The van der Waals surface area contributed by atoms with E-state index < -0.39 is 0 Å². The van der Waals surface area contributed by atoms with Crippen molar-refractivity contribution in [3.8, 4) is 0 Å². The number of aromatic nitrogens is 1. The van der Waals surface area contributed by atoms with Gasteiger partial charge in [0.25, 0.3) is 0 Å². The number of hydrazone groups is 1. The van der Waals surface area contributed by atoms with Gasteiger partial charge < -0.3 is 10.6 Å². The lowest BCUT2D eigenvalue weighted by molar-refractivity contribution is 0.213. The van der Waals surface area contributed by atoms with Crippen LogP contribution < -0.4 is 5.73 Å². The number of likely N-dealkylation sites (N-methyl/N-ethyl adjacent to an activating group) is 1. The predicted octanol–water partition coefficient (Wildman–Crippen LogP) is 4.23. The van der Waals surface area contributed by atoms with Crippen LogP contribution in [0.4, 0.5) is 0 Å². The summed E-state index contributed by atoms with van der Waals surface area (Å²) in [6.45, 7) is 14.1. The maximum Gasteiger partial charge on any atom is 0.109 e. The van der Waals surface area contributed by atoms with E-state index in [0.717, 1.165) is 62.4 Å². The van der Waals surface area contributed by atoms with Gasteiger partial charge >= 0.3 is 0 Å². The minimum atomic E-state index is 0.0282. The fourth-order valence-corrected chi connectivity index (χ4v) is 3.31. The van der Waals surface area contributed by atoms with E-state index in [1.807, 2.05) is 38.2 Å². The molecule has 0 amide bonds. The first-order valence-electron chi connectivity index (χ1n) is 11.7. The van der Waals surface area contributed by atoms with Gasteiger partial charge in [-0.25, -0.2) is 0 Å². The lowest BCUT2D eigenvalue weighted by Crippen LogP contribution is -2.42. The standard InChI is InChI=1S/C23H38N6.C2H6/c1-6-7-11-20(3)28(5)22(24)13-16-29-15-9-12-21(26-27(4)17-18-29)23-19(2)10-8-14-25-23;1-2/h8-12,14,22H,6-7,13,15-18,24H2,1-5H3;1-2H3/b12-9+,20-11-,26-21+;. The van der Waals surface area contributed by atoms with E-state index in [1.165, 1.54) is 5.70 Å². The van der Waals surface area contributed by atoms with Gasteiger partial charge in [-0.1, -0.05) is 45.4 Å². The number of allylic oxidation sites excluding steroid dienone is 3. The summed E-state index contributed by atoms with van der Waals surface area (Å²) in [7, 11) is 4.12. The number of pyridine rings is 1. The Morgan fingerprint density at radius 1 is 1.32 bits per heavy atom. The van der Waals surface area contributed by atoms with E-state index >= 15 is 0 Å². The third-order valence-corrected chi connectivity index (χ3v) is 5.43. The molecule has 2 rings (SSSR count). The molecule has 0 saturated carbocycles. The quantitative estimate of drug-likeness (QED) is 0.628. The van der Waals surface area contributed by atoms with Crippen LogP contribution in [0.5, 0.6) is 0 Å². The zero-order valence-corrected chi connectivity index (χ0v) is 20.8. The van der Waals surface area contributed by atoms with Gasteiger partial charge in [0.15, 0.2) is 0 Å². The maximum absolute atomic E-state index is 6.45. The van der Waals surface area contributed by atoms with Crippen LogP contribution >= 0.6 is 0 Å². The van der Waals surface area contributed by atoms with E-state index in [0.29, 0.717) is 0 Å². The number of aryl methyl sites for hydroxylation is 1. The van der Waals surface area contributed by atoms with Gasteiger partial charge in [-0.3, -0.25) is 14.9 Å². The molecule has 0 aliphatic carbocycles. The Labute approximate surface area is 190 Å². The summed E-state index contributed by atoms with van der Waals surface area (Å²) in [6, 6.07) is 4.04. The lowest BCUT2D eigenvalue weighted by Gasteiger charge is -2.30. The van der Waals surface area contributed by atoms with Crippen LogP contribution in [0.2, 0.25) is 0 Å². The second-order valence-electron chi connectivity index (χ2n) is 7.84. The Bertz CT molecular complexity index is 724. The number of hydrogen-bond acceptors (Lipinski definition) is 6. The van der Waals surface area contributed by atoms with Gasteiger partial charge in [-0.05, 0) is 44.4 Å². The van der Waals surface area contributed by atoms with Crippen molar-refractivity contribution in [1.82, 2.24) is 19.8 Å². The summed E-state index contributed by atoms with van der Waals surface area (Å²) in [5.74, 6) is 0. The molecule has 1 aromatic rings. The first-order valence-corrected chi connectivity index (χ1v) is 11.7. The number of nitrogens with two attached hydrogens (primary N) is 1. The number of rotatable bonds is 8. The van der Waals surface area contributed by atoms with Crippen molar-refractivity contribution in [3.05, 3.63) is 53.5 Å². The maximum atomic E-state index is 6.45. The molecule has 0 aromatic carbocycles. The normalized spacial score (nSPS) is 19.2. The number of nitrogens with zero attached hydrogens (tertiary/aromatic N) is 5. The molecule has 0 fully saturated rings. The number of unbranched alkanes of at least 4 members (excludes halogenated alkanes) is 1. The minimum absolute atomic E-state index is 0.0282. The lowest BCUT2D eigenvalue weighted by atomic mass is 10.1. The monoisotopic (exact) mass is 428 g/mol. The van der Waals surface area contributed by atoms with E-state index in [4.69, 9.17) is 10.8 Å². The molecule has 6 nitrogen and oxygen atoms in total. The fraction of sp³-hybridized carbons (Fsp3) is 0.600. The third kappa shape index (κ3) is 9.23. The molecule has 6 heteroatoms. The topological polar surface area (TPSA) is 61.0 Å². The van der Waals surface area contributed by atoms with E-state index in [-0.39, 0.29) is 6.17 Å². The van der Waals surface area contributed by atoms with Crippen molar-refractivity contribution in [1.29, 1.82) is 0 Å². The molecule has 31 heavy (non-hydrogen) atoms. The Morgan fingerprint density at radius 2 is 2.06 bits per heavy atom. The summed E-state index contributed by atoms with van der Waals surface area (Å²) in [6.07, 6.45) is 11.6. The first-order chi connectivity index (χ1) is 14.9. The van der Waals surface area contributed by atoms with Gasteiger partial charge in [0.05, 0.1) is 11.9 Å². The molecule has 0 bridgehead atoms. The highest BCUT2D eigenvalue weighted by molar-refractivity contribution is 6.08. The molecule has 1 atom stereocenters. The average Bonchev–Trinajstić information content (AvgIpc) is 2.87. The van der Waals surface area contributed by atoms with Gasteiger partial charge in [0.2, 0.25) is 0 Å². The van der Waals surface area contributed by atoms with Crippen LogP contribution in [-0.4, -0.2) is 71.9 Å². The smallest absolute Gasteiger partial charge is 0.109 e. The second-order valence-corrected chi connectivity index (χ2v) is 7.84. The summed E-state index contributed by atoms with van der Waals surface area (Å²) in [5.41, 5.74) is 10.7. The van der Waals surface area contributed by atoms with Gasteiger partial charge in [-0.2, -0.15) is 5.10 Å². The molecule has 0 saturated heterocycles. The van der Waals surface area contributed by atoms with Crippen LogP contribution in [0.1, 0.15) is 58.2 Å². The second kappa shape index (κ2) is 14.8. The molecule has 174 valence electrons. The molecular weight excluding hydrogens is 384 g/mol. The van der Waals surface area contributed by atoms with Crippen molar-refractivity contribution in [3.63, 3.8) is 0 Å². The molecule has 1 aliphatic rings. The molecule has 2 N–H and O–H groups in total. The predicted molar refractivity (Wildman–Crippen MR) is 134 cm³/mol. The van der Waals surface area contributed by atoms with Crippen molar-refractivity contribution in [2.75, 3.05) is 40.3 Å². The van der Waals surface area contributed by atoms with Crippen LogP contribution in [0.3, 0.4) is 0 Å². The van der Waals surface area contributed by atoms with E-state index in [1.54, 1.807) is 0 Å². The zero-order valence-electron chi connectivity index (χ0n) is 20.8. The summed E-state index contributed by atoms with van der Waals surface area (Å²) in [4.78, 5) is 9.16. The van der Waals surface area contributed by atoms with Gasteiger partial charge in [-0.15, -0.1) is 0 Å². The molecular formula is C25H44N6. The zero-order chi connectivity index (χ0) is 23.2. The van der Waals surface area contributed by atoms with Crippen LogP contribution in [-0.2, 0) is 0 Å². The Hall–Kier alpha value is -2.18.